The summed E-state index contributed by atoms with van der Waals surface area (Å²) in [7, 11) is 3.31. The molecule has 1 aromatic heterocycles. The van der Waals surface area contributed by atoms with Gasteiger partial charge in [-0.2, -0.15) is 0 Å². The Kier molecular flexibility index (Phi) is 5.98. The third-order valence-corrected chi connectivity index (χ3v) is 4.96. The highest BCUT2D eigenvalue weighted by molar-refractivity contribution is 7.99. The van der Waals surface area contributed by atoms with Gasteiger partial charge in [-0.25, -0.2) is 4.39 Å². The zero-order chi connectivity index (χ0) is 19.4. The number of methoxy groups -OCH3 is 1. The van der Waals surface area contributed by atoms with E-state index in [0.717, 1.165) is 5.56 Å². The molecule has 1 N–H and O–H groups in total. The summed E-state index contributed by atoms with van der Waals surface area (Å²) in [6.45, 7) is 0. The molecule has 0 aliphatic carbocycles. The van der Waals surface area contributed by atoms with Crippen LogP contribution in [0.2, 0.25) is 5.02 Å². The molecule has 0 fully saturated rings. The van der Waals surface area contributed by atoms with Crippen molar-refractivity contribution in [2.24, 2.45) is 7.05 Å². The van der Waals surface area contributed by atoms with Crippen LogP contribution < -0.4 is 10.1 Å². The molecule has 3 aromatic rings. The zero-order valence-corrected chi connectivity index (χ0v) is 16.1. The largest absolute Gasteiger partial charge is 0.495 e. The van der Waals surface area contributed by atoms with E-state index in [-0.39, 0.29) is 17.5 Å². The monoisotopic (exact) mass is 406 g/mol. The number of nitrogens with zero attached hydrogens (tertiary/aromatic N) is 3. The third kappa shape index (κ3) is 4.58. The summed E-state index contributed by atoms with van der Waals surface area (Å²) in [4.78, 5) is 12.3. The topological polar surface area (TPSA) is 69.0 Å². The van der Waals surface area contributed by atoms with Gasteiger partial charge in [0.2, 0.25) is 5.91 Å². The molecular formula is C18H16ClFN4O2S. The lowest BCUT2D eigenvalue weighted by atomic mass is 10.2. The molecule has 0 aliphatic heterocycles. The van der Waals surface area contributed by atoms with Crippen molar-refractivity contribution in [1.82, 2.24) is 14.8 Å². The molecule has 140 valence electrons. The fraction of sp³-hybridized carbons (Fsp3) is 0.167. The molecule has 3 rings (SSSR count). The number of hydrogen-bond donors (Lipinski definition) is 1. The number of ether oxygens (including phenoxy) is 1. The van der Waals surface area contributed by atoms with Crippen LogP contribution in [0.4, 0.5) is 10.1 Å². The molecule has 0 saturated heterocycles. The number of aromatic nitrogens is 3. The maximum Gasteiger partial charge on any atom is 0.234 e. The first-order chi connectivity index (χ1) is 13.0. The van der Waals surface area contributed by atoms with Crippen LogP contribution in [-0.2, 0) is 11.8 Å². The lowest BCUT2D eigenvalue weighted by Crippen LogP contribution is -2.15. The average Bonchev–Trinajstić information content (AvgIpc) is 3.01. The molecule has 1 heterocycles. The highest BCUT2D eigenvalue weighted by Crippen LogP contribution is 2.28. The minimum atomic E-state index is -0.316. The smallest absolute Gasteiger partial charge is 0.234 e. The van der Waals surface area contributed by atoms with Crippen LogP contribution in [0.5, 0.6) is 5.75 Å². The van der Waals surface area contributed by atoms with Crippen molar-refractivity contribution in [3.63, 3.8) is 0 Å². The summed E-state index contributed by atoms with van der Waals surface area (Å²) in [5.74, 6) is 0.699. The lowest BCUT2D eigenvalue weighted by molar-refractivity contribution is -0.113. The second kappa shape index (κ2) is 8.41. The number of benzene rings is 2. The molecule has 27 heavy (non-hydrogen) atoms. The standard InChI is InChI=1S/C18H16ClFN4O2S/c1-24-17(11-3-6-13(20)7-4-11)22-23-18(24)27-10-16(25)21-14-9-12(19)5-8-15(14)26-2/h3-9H,10H2,1-2H3,(H,21,25). The van der Waals surface area contributed by atoms with E-state index < -0.39 is 0 Å². The Hall–Kier alpha value is -2.58. The molecule has 0 spiro atoms. The van der Waals surface area contributed by atoms with Crippen LogP contribution in [0.25, 0.3) is 11.4 Å². The van der Waals surface area contributed by atoms with Crippen molar-refractivity contribution in [3.05, 3.63) is 53.3 Å². The van der Waals surface area contributed by atoms with Gasteiger partial charge in [-0.05, 0) is 42.5 Å². The van der Waals surface area contributed by atoms with Gasteiger partial charge in [0, 0.05) is 17.6 Å². The van der Waals surface area contributed by atoms with Crippen molar-refractivity contribution in [2.75, 3.05) is 18.2 Å². The number of halogens is 2. The molecular weight excluding hydrogens is 391 g/mol. The minimum Gasteiger partial charge on any atom is -0.495 e. The summed E-state index contributed by atoms with van der Waals surface area (Å²) in [5, 5.41) is 12.1. The predicted octanol–water partition coefficient (Wildman–Crippen LogP) is 4.01. The first-order valence-electron chi connectivity index (χ1n) is 7.89. The Balaban J connectivity index is 1.66. The zero-order valence-electron chi connectivity index (χ0n) is 14.6. The fourth-order valence-corrected chi connectivity index (χ4v) is 3.27. The van der Waals surface area contributed by atoms with Crippen LogP contribution in [-0.4, -0.2) is 33.5 Å². The molecule has 0 atom stereocenters. The number of amides is 1. The highest BCUT2D eigenvalue weighted by Gasteiger charge is 2.14. The number of rotatable bonds is 6. The Morgan fingerprint density at radius 2 is 2.00 bits per heavy atom. The Morgan fingerprint density at radius 1 is 1.26 bits per heavy atom. The van der Waals surface area contributed by atoms with Crippen molar-refractivity contribution in [2.45, 2.75) is 5.16 Å². The lowest BCUT2D eigenvalue weighted by Gasteiger charge is -2.10. The molecule has 0 unspecified atom stereocenters. The highest BCUT2D eigenvalue weighted by atomic mass is 35.5. The Morgan fingerprint density at radius 3 is 2.70 bits per heavy atom. The van der Waals surface area contributed by atoms with Crippen LogP contribution >= 0.6 is 23.4 Å². The minimum absolute atomic E-state index is 0.130. The molecule has 9 heteroatoms. The predicted molar refractivity (Wildman–Crippen MR) is 104 cm³/mol. The molecule has 1 amide bonds. The normalized spacial score (nSPS) is 10.7. The van der Waals surface area contributed by atoms with Gasteiger partial charge in [-0.15, -0.1) is 10.2 Å². The van der Waals surface area contributed by atoms with Crippen LogP contribution in [0.15, 0.2) is 47.6 Å². The van der Waals surface area contributed by atoms with Gasteiger partial charge in [0.25, 0.3) is 0 Å². The summed E-state index contributed by atoms with van der Waals surface area (Å²) >= 11 is 7.20. The molecule has 0 radical (unpaired) electrons. The van der Waals surface area contributed by atoms with Gasteiger partial charge >= 0.3 is 0 Å². The average molecular weight is 407 g/mol. The second-order valence-electron chi connectivity index (χ2n) is 5.55. The molecule has 0 saturated carbocycles. The van der Waals surface area contributed by atoms with Gasteiger partial charge in [0.15, 0.2) is 11.0 Å². The van der Waals surface area contributed by atoms with Crippen molar-refractivity contribution < 1.29 is 13.9 Å². The quantitative estimate of drug-likeness (QED) is 0.626. The summed E-state index contributed by atoms with van der Waals surface area (Å²) < 4.78 is 20.0. The van der Waals surface area contributed by atoms with E-state index in [1.54, 1.807) is 41.9 Å². The summed E-state index contributed by atoms with van der Waals surface area (Å²) in [6.07, 6.45) is 0. The fourth-order valence-electron chi connectivity index (χ4n) is 2.39. The SMILES string of the molecule is COc1ccc(Cl)cc1NC(=O)CSc1nnc(-c2ccc(F)cc2)n1C. The third-order valence-electron chi connectivity index (χ3n) is 3.71. The van der Waals surface area contributed by atoms with E-state index in [0.29, 0.717) is 27.4 Å². The number of hydrogen-bond acceptors (Lipinski definition) is 5. The first-order valence-corrected chi connectivity index (χ1v) is 9.26. The van der Waals surface area contributed by atoms with Crippen molar-refractivity contribution in [1.29, 1.82) is 0 Å². The molecule has 0 bridgehead atoms. The van der Waals surface area contributed by atoms with Crippen LogP contribution in [0, 0.1) is 5.82 Å². The summed E-state index contributed by atoms with van der Waals surface area (Å²) in [6, 6.07) is 11.0. The van der Waals surface area contributed by atoms with Crippen molar-refractivity contribution >= 4 is 35.0 Å². The number of thioether (sulfide) groups is 1. The van der Waals surface area contributed by atoms with Gasteiger partial charge in [0.05, 0.1) is 18.6 Å². The molecule has 6 nitrogen and oxygen atoms in total. The number of carbonyl (C=O) groups excluding carboxylic acids is 1. The first kappa shape index (κ1) is 19.2. The Labute approximate surface area is 164 Å². The van der Waals surface area contributed by atoms with Gasteiger partial charge in [-0.1, -0.05) is 23.4 Å². The Bertz CT molecular complexity index is 962. The van der Waals surface area contributed by atoms with Gasteiger partial charge < -0.3 is 14.6 Å². The number of anilines is 1. The van der Waals surface area contributed by atoms with E-state index >= 15 is 0 Å². The van der Waals surface area contributed by atoms with E-state index in [1.165, 1.54) is 31.0 Å². The van der Waals surface area contributed by atoms with Crippen molar-refractivity contribution in [3.8, 4) is 17.1 Å². The summed E-state index contributed by atoms with van der Waals surface area (Å²) in [5.41, 5.74) is 1.24. The maximum atomic E-state index is 13.1. The van der Waals surface area contributed by atoms with Gasteiger partial charge in [-0.3, -0.25) is 4.79 Å². The van der Waals surface area contributed by atoms with E-state index in [4.69, 9.17) is 16.3 Å². The van der Waals surface area contributed by atoms with E-state index in [2.05, 4.69) is 15.5 Å². The van der Waals surface area contributed by atoms with Crippen LogP contribution in [0.1, 0.15) is 0 Å². The number of nitrogens with one attached hydrogen (secondary N) is 1. The van der Waals surface area contributed by atoms with Gasteiger partial charge in [0.1, 0.15) is 11.6 Å². The molecule has 2 aromatic carbocycles. The van der Waals surface area contributed by atoms with E-state index in [1.807, 2.05) is 0 Å². The van der Waals surface area contributed by atoms with E-state index in [9.17, 15) is 9.18 Å². The number of carbonyl (C=O) groups is 1. The van der Waals surface area contributed by atoms with Crippen LogP contribution in [0.3, 0.4) is 0 Å². The second-order valence-corrected chi connectivity index (χ2v) is 6.93. The maximum absolute atomic E-state index is 13.1. The molecule has 0 aliphatic rings.